The number of benzene rings is 2. The number of para-hydroxylation sites is 1. The fraction of sp³-hybridized carbons (Fsp3) is 0.227. The number of amides is 1. The smallest absolute Gasteiger partial charge is 0.233 e. The fourth-order valence-corrected chi connectivity index (χ4v) is 4.05. The molecule has 0 saturated heterocycles. The van der Waals surface area contributed by atoms with Gasteiger partial charge in [-0.05, 0) is 24.3 Å². The van der Waals surface area contributed by atoms with Crippen molar-refractivity contribution in [3.05, 3.63) is 59.4 Å². The van der Waals surface area contributed by atoms with Gasteiger partial charge in [-0.1, -0.05) is 47.6 Å². The summed E-state index contributed by atoms with van der Waals surface area (Å²) in [5, 5.41) is 26.8. The van der Waals surface area contributed by atoms with E-state index in [1.54, 1.807) is 42.5 Å². The van der Waals surface area contributed by atoms with Crippen LogP contribution in [0.4, 0.5) is 4.39 Å². The van der Waals surface area contributed by atoms with Crippen molar-refractivity contribution in [3.8, 4) is 29.2 Å². The first-order valence-electron chi connectivity index (χ1n) is 9.66. The molecule has 2 aromatic carbocycles. The van der Waals surface area contributed by atoms with Gasteiger partial charge in [0, 0.05) is 18.7 Å². The highest BCUT2D eigenvalue weighted by Crippen LogP contribution is 2.32. The van der Waals surface area contributed by atoms with Crippen LogP contribution in [-0.2, 0) is 4.79 Å². The number of aromatic nitrogens is 3. The molecule has 3 rings (SSSR count). The Balaban J connectivity index is 1.93. The third kappa shape index (κ3) is 5.44. The molecule has 0 saturated carbocycles. The fourth-order valence-electron chi connectivity index (χ4n) is 2.98. The van der Waals surface area contributed by atoms with E-state index >= 15 is 0 Å². The van der Waals surface area contributed by atoms with Gasteiger partial charge in [0.1, 0.15) is 5.82 Å². The lowest BCUT2D eigenvalue weighted by atomic mass is 10.2. The highest BCUT2D eigenvalue weighted by Gasteiger charge is 2.22. The van der Waals surface area contributed by atoms with Crippen molar-refractivity contribution < 1.29 is 9.18 Å². The maximum atomic E-state index is 14.7. The third-order valence-corrected chi connectivity index (χ3v) is 5.75. The normalized spacial score (nSPS) is 10.4. The summed E-state index contributed by atoms with van der Waals surface area (Å²) in [5.74, 6) is -0.380. The molecule has 1 heterocycles. The average Bonchev–Trinajstić information content (AvgIpc) is 3.21. The molecule has 7 nitrogen and oxygen atoms in total. The Hall–Kier alpha value is -3.40. The summed E-state index contributed by atoms with van der Waals surface area (Å²) in [5.41, 5.74) is 0.806. The molecule has 0 aliphatic carbocycles. The number of halogens is 2. The minimum Gasteiger partial charge on any atom is -0.340 e. The van der Waals surface area contributed by atoms with Gasteiger partial charge in [0.25, 0.3) is 0 Å². The van der Waals surface area contributed by atoms with Crippen LogP contribution in [0.25, 0.3) is 17.1 Å². The summed E-state index contributed by atoms with van der Waals surface area (Å²) in [6.45, 7) is 0.477. The van der Waals surface area contributed by atoms with Gasteiger partial charge in [-0.25, -0.2) is 4.39 Å². The largest absolute Gasteiger partial charge is 0.340 e. The Morgan fingerprint density at radius 1 is 1.06 bits per heavy atom. The molecule has 32 heavy (non-hydrogen) atoms. The van der Waals surface area contributed by atoms with Crippen LogP contribution in [0.5, 0.6) is 0 Å². The first kappa shape index (κ1) is 23.3. The van der Waals surface area contributed by atoms with E-state index in [9.17, 15) is 9.18 Å². The number of hydrogen-bond donors (Lipinski definition) is 0. The molecule has 3 aromatic rings. The maximum absolute atomic E-state index is 14.7. The van der Waals surface area contributed by atoms with E-state index in [2.05, 4.69) is 10.2 Å². The van der Waals surface area contributed by atoms with Gasteiger partial charge in [0.05, 0.1) is 41.4 Å². The molecule has 10 heteroatoms. The molecule has 0 aliphatic rings. The number of thioether (sulfide) groups is 1. The predicted octanol–water partition coefficient (Wildman–Crippen LogP) is 4.47. The van der Waals surface area contributed by atoms with Crippen molar-refractivity contribution in [3.63, 3.8) is 0 Å². The van der Waals surface area contributed by atoms with Gasteiger partial charge in [0.2, 0.25) is 5.91 Å². The number of nitrogens with zero attached hydrogens (tertiary/aromatic N) is 6. The zero-order valence-corrected chi connectivity index (χ0v) is 18.5. The molecule has 0 bridgehead atoms. The van der Waals surface area contributed by atoms with Crippen molar-refractivity contribution in [1.82, 2.24) is 19.7 Å². The van der Waals surface area contributed by atoms with Crippen LogP contribution in [0.3, 0.4) is 0 Å². The summed E-state index contributed by atoms with van der Waals surface area (Å²) in [4.78, 5) is 14.2. The van der Waals surface area contributed by atoms with Crippen LogP contribution in [0, 0.1) is 28.5 Å². The van der Waals surface area contributed by atoms with Crippen LogP contribution < -0.4 is 0 Å². The van der Waals surface area contributed by atoms with Crippen molar-refractivity contribution in [2.24, 2.45) is 0 Å². The lowest BCUT2D eigenvalue weighted by molar-refractivity contribution is -0.128. The first-order valence-corrected chi connectivity index (χ1v) is 11.0. The number of nitriles is 2. The summed E-state index contributed by atoms with van der Waals surface area (Å²) in [7, 11) is 0. The van der Waals surface area contributed by atoms with Gasteiger partial charge >= 0.3 is 0 Å². The second kappa shape index (κ2) is 11.3. The number of hydrogen-bond acceptors (Lipinski definition) is 6. The monoisotopic (exact) mass is 468 g/mol. The van der Waals surface area contributed by atoms with E-state index in [0.29, 0.717) is 21.6 Å². The van der Waals surface area contributed by atoms with Crippen LogP contribution in [0.15, 0.2) is 53.7 Å². The Labute approximate surface area is 194 Å². The molecule has 0 aliphatic heterocycles. The second-order valence-corrected chi connectivity index (χ2v) is 7.91. The molecule has 0 atom stereocenters. The number of rotatable bonds is 9. The summed E-state index contributed by atoms with van der Waals surface area (Å²) in [6, 6.07) is 17.2. The number of carbonyl (C=O) groups is 1. The zero-order chi connectivity index (χ0) is 22.9. The Morgan fingerprint density at radius 3 is 2.38 bits per heavy atom. The van der Waals surface area contributed by atoms with E-state index in [1.807, 2.05) is 12.1 Å². The Bertz CT molecular complexity index is 1170. The van der Waals surface area contributed by atoms with Crippen LogP contribution in [-0.4, -0.2) is 44.4 Å². The van der Waals surface area contributed by atoms with Gasteiger partial charge in [-0.3, -0.25) is 9.36 Å². The Morgan fingerprint density at radius 2 is 1.72 bits per heavy atom. The molecule has 162 valence electrons. The molecule has 0 fully saturated rings. The van der Waals surface area contributed by atoms with E-state index in [1.165, 1.54) is 15.5 Å². The third-order valence-electron chi connectivity index (χ3n) is 4.51. The van der Waals surface area contributed by atoms with E-state index in [4.69, 9.17) is 22.1 Å². The van der Waals surface area contributed by atoms with E-state index in [0.717, 1.165) is 11.8 Å². The molecular weight excluding hydrogens is 451 g/mol. The van der Waals surface area contributed by atoms with Crippen LogP contribution in [0.1, 0.15) is 12.8 Å². The van der Waals surface area contributed by atoms with Crippen LogP contribution in [0.2, 0.25) is 5.02 Å². The molecule has 0 spiro atoms. The molecule has 1 aromatic heterocycles. The second-order valence-electron chi connectivity index (χ2n) is 6.56. The summed E-state index contributed by atoms with van der Waals surface area (Å²) >= 11 is 7.44. The summed E-state index contributed by atoms with van der Waals surface area (Å²) in [6.07, 6.45) is 0.341. The van der Waals surface area contributed by atoms with Crippen molar-refractivity contribution >= 4 is 29.3 Å². The zero-order valence-electron chi connectivity index (χ0n) is 16.9. The van der Waals surface area contributed by atoms with Crippen molar-refractivity contribution in [1.29, 1.82) is 10.5 Å². The standard InChI is InChI=1S/C22H18ClFN6OS/c23-17-8-2-1-7-16(17)21-27-28-22(30(21)19-10-4-3-9-18(19)24)32-15-20(31)29(13-5-11-25)14-6-12-26/h1-4,7-10H,5-6,13-15H2. The minimum atomic E-state index is -0.474. The van der Waals surface area contributed by atoms with Gasteiger partial charge in [-0.15, -0.1) is 10.2 Å². The van der Waals surface area contributed by atoms with Crippen molar-refractivity contribution in [2.75, 3.05) is 18.8 Å². The van der Waals surface area contributed by atoms with Crippen LogP contribution >= 0.6 is 23.4 Å². The molecule has 0 N–H and O–H groups in total. The van der Waals surface area contributed by atoms with E-state index in [-0.39, 0.29) is 43.3 Å². The molecule has 0 unspecified atom stereocenters. The molecule has 0 radical (unpaired) electrons. The van der Waals surface area contributed by atoms with Gasteiger partial charge in [0.15, 0.2) is 11.0 Å². The number of carbonyl (C=O) groups excluding carboxylic acids is 1. The van der Waals surface area contributed by atoms with Gasteiger partial charge in [-0.2, -0.15) is 10.5 Å². The highest BCUT2D eigenvalue weighted by molar-refractivity contribution is 7.99. The molecule has 1 amide bonds. The van der Waals surface area contributed by atoms with Gasteiger partial charge < -0.3 is 4.90 Å². The topological polar surface area (TPSA) is 98.6 Å². The quantitative estimate of drug-likeness (QED) is 0.429. The average molecular weight is 469 g/mol. The molecular formula is C22H18ClFN6OS. The minimum absolute atomic E-state index is 0.00797. The van der Waals surface area contributed by atoms with E-state index < -0.39 is 5.82 Å². The first-order chi connectivity index (χ1) is 15.6. The summed E-state index contributed by atoms with van der Waals surface area (Å²) < 4.78 is 16.2. The lowest BCUT2D eigenvalue weighted by Crippen LogP contribution is -2.34. The maximum Gasteiger partial charge on any atom is 0.233 e. The van der Waals surface area contributed by atoms with Crippen molar-refractivity contribution in [2.45, 2.75) is 18.0 Å². The highest BCUT2D eigenvalue weighted by atomic mass is 35.5. The Kier molecular flexibility index (Phi) is 8.20. The lowest BCUT2D eigenvalue weighted by Gasteiger charge is -2.20. The predicted molar refractivity (Wildman–Crippen MR) is 120 cm³/mol. The SMILES string of the molecule is N#CCCN(CCC#N)C(=O)CSc1nnc(-c2ccccc2Cl)n1-c1ccccc1F.